The van der Waals surface area contributed by atoms with Gasteiger partial charge in [-0.2, -0.15) is 5.10 Å². The average molecular weight is 366 g/mol. The first kappa shape index (κ1) is 18.4. The topological polar surface area (TPSA) is 97.0 Å². The molecule has 0 aromatic heterocycles. The molecule has 0 bridgehead atoms. The Morgan fingerprint density at radius 1 is 1.07 bits per heavy atom. The van der Waals surface area contributed by atoms with Crippen LogP contribution in [0.3, 0.4) is 0 Å². The Kier molecular flexibility index (Phi) is 6.04. The number of rotatable bonds is 7. The quantitative estimate of drug-likeness (QED) is 0.578. The number of carbonyl (C=O) groups is 2. The largest absolute Gasteiger partial charge is 0.484 e. The van der Waals surface area contributed by atoms with Crippen molar-refractivity contribution in [2.24, 2.45) is 10.8 Å². The zero-order valence-corrected chi connectivity index (χ0v) is 14.9. The maximum absolute atomic E-state index is 12.2. The Morgan fingerprint density at radius 2 is 1.74 bits per heavy atom. The van der Waals surface area contributed by atoms with Crippen LogP contribution in [0.2, 0.25) is 0 Å². The minimum absolute atomic E-state index is 0.167. The predicted molar refractivity (Wildman–Crippen MR) is 104 cm³/mol. The molecule has 140 valence electrons. The molecule has 0 radical (unpaired) electrons. The van der Waals surface area contributed by atoms with Crippen molar-refractivity contribution in [2.75, 3.05) is 24.6 Å². The highest BCUT2D eigenvalue weighted by Crippen LogP contribution is 2.20. The summed E-state index contributed by atoms with van der Waals surface area (Å²) in [4.78, 5) is 25.2. The second-order valence-electron chi connectivity index (χ2n) is 6.26. The van der Waals surface area contributed by atoms with Crippen LogP contribution in [0.15, 0.2) is 53.6 Å². The minimum atomic E-state index is -0.531. The lowest BCUT2D eigenvalue weighted by Gasteiger charge is -2.17. The summed E-state index contributed by atoms with van der Waals surface area (Å²) in [6.07, 6.45) is 3.97. The number of nitrogens with zero attached hydrogens (tertiary/aromatic N) is 2. The summed E-state index contributed by atoms with van der Waals surface area (Å²) in [6.45, 7) is 1.98. The van der Waals surface area contributed by atoms with Crippen molar-refractivity contribution in [2.45, 2.75) is 12.8 Å². The first-order valence-electron chi connectivity index (χ1n) is 8.81. The highest BCUT2D eigenvalue weighted by Gasteiger charge is 2.12. The lowest BCUT2D eigenvalue weighted by molar-refractivity contribution is -0.119. The van der Waals surface area contributed by atoms with Gasteiger partial charge >= 0.3 is 0 Å². The van der Waals surface area contributed by atoms with E-state index in [0.717, 1.165) is 24.3 Å². The summed E-state index contributed by atoms with van der Waals surface area (Å²) in [5.74, 6) is -0.259. The third-order valence-corrected chi connectivity index (χ3v) is 4.24. The molecule has 2 aromatic carbocycles. The third kappa shape index (κ3) is 5.31. The Balaban J connectivity index is 1.51. The molecule has 0 atom stereocenters. The number of nitrogens with one attached hydrogen (secondary N) is 1. The Labute approximate surface area is 157 Å². The van der Waals surface area contributed by atoms with Gasteiger partial charge in [0, 0.05) is 24.3 Å². The fourth-order valence-electron chi connectivity index (χ4n) is 2.83. The van der Waals surface area contributed by atoms with Gasteiger partial charge in [0.25, 0.3) is 11.8 Å². The molecule has 7 heteroatoms. The van der Waals surface area contributed by atoms with Gasteiger partial charge in [0.15, 0.2) is 6.61 Å². The van der Waals surface area contributed by atoms with Crippen LogP contribution >= 0.6 is 0 Å². The van der Waals surface area contributed by atoms with Crippen molar-refractivity contribution in [1.82, 2.24) is 5.43 Å². The number of carbonyl (C=O) groups excluding carboxylic acids is 2. The lowest BCUT2D eigenvalue weighted by Crippen LogP contribution is -2.20. The van der Waals surface area contributed by atoms with E-state index in [9.17, 15) is 9.59 Å². The molecule has 0 aliphatic carbocycles. The van der Waals surface area contributed by atoms with Gasteiger partial charge in [0.05, 0.1) is 6.21 Å². The van der Waals surface area contributed by atoms with Gasteiger partial charge in [0.2, 0.25) is 0 Å². The fourth-order valence-corrected chi connectivity index (χ4v) is 2.83. The number of ether oxygens (including phenoxy) is 1. The van der Waals surface area contributed by atoms with Crippen molar-refractivity contribution in [3.63, 3.8) is 0 Å². The summed E-state index contributed by atoms with van der Waals surface area (Å²) in [5.41, 5.74) is 10.0. The SMILES string of the molecule is NC(=O)COc1ccc(/C=N\NC(=O)c2ccc(N3CCCC3)cc2)cc1. The number of hydrogen-bond acceptors (Lipinski definition) is 5. The van der Waals surface area contributed by atoms with Crippen molar-refractivity contribution in [1.29, 1.82) is 0 Å². The maximum Gasteiger partial charge on any atom is 0.271 e. The number of hydrogen-bond donors (Lipinski definition) is 2. The number of anilines is 1. The van der Waals surface area contributed by atoms with Crippen LogP contribution in [0.1, 0.15) is 28.8 Å². The molecule has 3 N–H and O–H groups in total. The van der Waals surface area contributed by atoms with E-state index >= 15 is 0 Å². The Morgan fingerprint density at radius 3 is 2.37 bits per heavy atom. The normalized spacial score (nSPS) is 13.7. The van der Waals surface area contributed by atoms with E-state index in [0.29, 0.717) is 11.3 Å². The van der Waals surface area contributed by atoms with Gasteiger partial charge in [-0.05, 0) is 66.9 Å². The van der Waals surface area contributed by atoms with Crippen LogP contribution in [-0.2, 0) is 4.79 Å². The summed E-state index contributed by atoms with van der Waals surface area (Å²) >= 11 is 0. The zero-order chi connectivity index (χ0) is 19.1. The van der Waals surface area contributed by atoms with Gasteiger partial charge < -0.3 is 15.4 Å². The molecule has 2 amide bonds. The van der Waals surface area contributed by atoms with E-state index in [1.54, 1.807) is 24.3 Å². The van der Waals surface area contributed by atoms with Gasteiger partial charge in [-0.3, -0.25) is 9.59 Å². The third-order valence-electron chi connectivity index (χ3n) is 4.24. The number of amides is 2. The molecule has 1 heterocycles. The highest BCUT2D eigenvalue weighted by molar-refractivity contribution is 5.95. The molecule has 0 saturated carbocycles. The van der Waals surface area contributed by atoms with E-state index in [-0.39, 0.29) is 12.5 Å². The van der Waals surface area contributed by atoms with Crippen LogP contribution in [0.5, 0.6) is 5.75 Å². The molecule has 7 nitrogen and oxygen atoms in total. The van der Waals surface area contributed by atoms with E-state index in [2.05, 4.69) is 15.4 Å². The molecule has 27 heavy (non-hydrogen) atoms. The van der Waals surface area contributed by atoms with Crippen LogP contribution in [0.4, 0.5) is 5.69 Å². The first-order chi connectivity index (χ1) is 13.1. The number of primary amides is 1. The summed E-state index contributed by atoms with van der Waals surface area (Å²) < 4.78 is 5.18. The molecular weight excluding hydrogens is 344 g/mol. The van der Waals surface area contributed by atoms with Crippen molar-refractivity contribution in [3.05, 3.63) is 59.7 Å². The monoisotopic (exact) mass is 366 g/mol. The maximum atomic E-state index is 12.2. The highest BCUT2D eigenvalue weighted by atomic mass is 16.5. The summed E-state index contributed by atoms with van der Waals surface area (Å²) in [7, 11) is 0. The second-order valence-corrected chi connectivity index (χ2v) is 6.26. The Bertz CT molecular complexity index is 810. The number of nitrogens with two attached hydrogens (primary N) is 1. The molecule has 0 unspecified atom stereocenters. The van der Waals surface area contributed by atoms with E-state index in [1.165, 1.54) is 19.1 Å². The van der Waals surface area contributed by atoms with E-state index in [4.69, 9.17) is 10.5 Å². The van der Waals surface area contributed by atoms with E-state index < -0.39 is 5.91 Å². The Hall–Kier alpha value is -3.35. The van der Waals surface area contributed by atoms with Gasteiger partial charge in [0.1, 0.15) is 5.75 Å². The second kappa shape index (κ2) is 8.84. The van der Waals surface area contributed by atoms with Crippen LogP contribution in [0.25, 0.3) is 0 Å². The average Bonchev–Trinajstić information content (AvgIpc) is 3.22. The zero-order valence-electron chi connectivity index (χ0n) is 14.9. The molecule has 1 saturated heterocycles. The lowest BCUT2D eigenvalue weighted by atomic mass is 10.2. The molecule has 0 spiro atoms. The van der Waals surface area contributed by atoms with E-state index in [1.807, 2.05) is 24.3 Å². The molecule has 1 aliphatic rings. The molecular formula is C20H22N4O3. The molecule has 1 aliphatic heterocycles. The summed E-state index contributed by atoms with van der Waals surface area (Å²) in [5, 5.41) is 3.97. The van der Waals surface area contributed by atoms with Gasteiger partial charge in [-0.15, -0.1) is 0 Å². The molecule has 1 fully saturated rings. The van der Waals surface area contributed by atoms with Gasteiger partial charge in [-0.1, -0.05) is 0 Å². The van der Waals surface area contributed by atoms with Crippen molar-refractivity contribution >= 4 is 23.7 Å². The van der Waals surface area contributed by atoms with Crippen LogP contribution in [-0.4, -0.2) is 37.7 Å². The standard InChI is InChI=1S/C20H22N4O3/c21-19(25)14-27-18-9-3-15(4-10-18)13-22-23-20(26)16-5-7-17(8-6-16)24-11-1-2-12-24/h3-10,13H,1-2,11-12,14H2,(H2,21,25)(H,23,26)/b22-13-. The van der Waals surface area contributed by atoms with Crippen LogP contribution < -0.4 is 20.8 Å². The minimum Gasteiger partial charge on any atom is -0.484 e. The smallest absolute Gasteiger partial charge is 0.271 e. The van der Waals surface area contributed by atoms with Crippen molar-refractivity contribution in [3.8, 4) is 5.75 Å². The predicted octanol–water partition coefficient (Wildman–Crippen LogP) is 1.91. The molecule has 2 aromatic rings. The fraction of sp³-hybridized carbons (Fsp3) is 0.250. The van der Waals surface area contributed by atoms with Gasteiger partial charge in [-0.25, -0.2) is 5.43 Å². The summed E-state index contributed by atoms with van der Waals surface area (Å²) in [6, 6.07) is 14.5. The number of benzene rings is 2. The number of hydrazone groups is 1. The van der Waals surface area contributed by atoms with Crippen molar-refractivity contribution < 1.29 is 14.3 Å². The van der Waals surface area contributed by atoms with Crippen LogP contribution in [0, 0.1) is 0 Å². The first-order valence-corrected chi connectivity index (χ1v) is 8.81. The molecule has 3 rings (SSSR count).